The minimum absolute atomic E-state index is 0.0184. The first-order valence-electron chi connectivity index (χ1n) is 8.53. The number of halogens is 1. The zero-order valence-electron chi connectivity index (χ0n) is 14.4. The van der Waals surface area contributed by atoms with Gasteiger partial charge in [0.2, 0.25) is 5.91 Å². The Hall–Kier alpha value is -1.66. The SMILES string of the molecule is CC(C)C(=O)NC1CCCN(CC(O)COc2ccc(F)cc2)C1. The Morgan fingerprint density at radius 1 is 1.42 bits per heavy atom. The minimum Gasteiger partial charge on any atom is -0.491 e. The summed E-state index contributed by atoms with van der Waals surface area (Å²) in [5, 5.41) is 13.2. The summed E-state index contributed by atoms with van der Waals surface area (Å²) >= 11 is 0. The molecule has 2 unspecified atom stereocenters. The van der Waals surface area contributed by atoms with Crippen LogP contribution in [0.2, 0.25) is 0 Å². The van der Waals surface area contributed by atoms with Crippen LogP contribution in [-0.2, 0) is 4.79 Å². The summed E-state index contributed by atoms with van der Waals surface area (Å²) in [6.45, 7) is 6.06. The van der Waals surface area contributed by atoms with E-state index in [4.69, 9.17) is 4.74 Å². The lowest BCUT2D eigenvalue weighted by molar-refractivity contribution is -0.125. The van der Waals surface area contributed by atoms with E-state index >= 15 is 0 Å². The molecule has 0 aromatic heterocycles. The van der Waals surface area contributed by atoms with E-state index in [0.29, 0.717) is 12.3 Å². The number of rotatable bonds is 7. The second-order valence-electron chi connectivity index (χ2n) is 6.68. The van der Waals surface area contributed by atoms with Crippen molar-refractivity contribution >= 4 is 5.91 Å². The fraction of sp³-hybridized carbons (Fsp3) is 0.611. The average molecular weight is 338 g/mol. The summed E-state index contributed by atoms with van der Waals surface area (Å²) in [7, 11) is 0. The Balaban J connectivity index is 1.73. The molecule has 0 spiro atoms. The molecule has 24 heavy (non-hydrogen) atoms. The molecule has 1 aliphatic rings. The van der Waals surface area contributed by atoms with Gasteiger partial charge in [-0.3, -0.25) is 9.69 Å². The summed E-state index contributed by atoms with van der Waals surface area (Å²) in [5.74, 6) is 0.277. The maximum atomic E-state index is 12.8. The Labute approximate surface area is 142 Å². The molecular weight excluding hydrogens is 311 g/mol. The van der Waals surface area contributed by atoms with Gasteiger partial charge in [-0.15, -0.1) is 0 Å². The van der Waals surface area contributed by atoms with Gasteiger partial charge in [-0.25, -0.2) is 4.39 Å². The van der Waals surface area contributed by atoms with Gasteiger partial charge in [0.15, 0.2) is 0 Å². The van der Waals surface area contributed by atoms with Gasteiger partial charge < -0.3 is 15.2 Å². The van der Waals surface area contributed by atoms with Gasteiger partial charge >= 0.3 is 0 Å². The van der Waals surface area contributed by atoms with E-state index in [1.165, 1.54) is 12.1 Å². The first kappa shape index (κ1) is 18.7. The first-order chi connectivity index (χ1) is 11.4. The number of β-amino-alcohol motifs (C(OH)–C–C–N with tert-alkyl or cyclic N) is 1. The van der Waals surface area contributed by atoms with Gasteiger partial charge in [0.25, 0.3) is 0 Å². The fourth-order valence-electron chi connectivity index (χ4n) is 2.78. The van der Waals surface area contributed by atoms with Gasteiger partial charge in [-0.2, -0.15) is 0 Å². The van der Waals surface area contributed by atoms with Crippen molar-refractivity contribution in [2.24, 2.45) is 5.92 Å². The third kappa shape index (κ3) is 6.09. The van der Waals surface area contributed by atoms with E-state index in [2.05, 4.69) is 10.2 Å². The number of likely N-dealkylation sites (tertiary alicyclic amines) is 1. The van der Waals surface area contributed by atoms with E-state index < -0.39 is 6.10 Å². The van der Waals surface area contributed by atoms with Crippen LogP contribution in [0.25, 0.3) is 0 Å². The first-order valence-corrected chi connectivity index (χ1v) is 8.53. The monoisotopic (exact) mass is 338 g/mol. The molecule has 134 valence electrons. The van der Waals surface area contributed by atoms with Gasteiger partial charge in [-0.1, -0.05) is 13.8 Å². The van der Waals surface area contributed by atoms with Crippen LogP contribution in [0.3, 0.4) is 0 Å². The Kier molecular flexibility index (Phi) is 6.99. The lowest BCUT2D eigenvalue weighted by Gasteiger charge is -2.34. The lowest BCUT2D eigenvalue weighted by atomic mass is 10.0. The Bertz CT molecular complexity index is 522. The number of ether oxygens (including phenoxy) is 1. The van der Waals surface area contributed by atoms with E-state index in [-0.39, 0.29) is 30.3 Å². The van der Waals surface area contributed by atoms with Crippen molar-refractivity contribution in [3.05, 3.63) is 30.1 Å². The zero-order valence-corrected chi connectivity index (χ0v) is 14.4. The predicted molar refractivity (Wildman–Crippen MR) is 90.3 cm³/mol. The highest BCUT2D eigenvalue weighted by Gasteiger charge is 2.23. The van der Waals surface area contributed by atoms with Crippen molar-refractivity contribution < 1.29 is 19.0 Å². The van der Waals surface area contributed by atoms with Crippen LogP contribution in [0.15, 0.2) is 24.3 Å². The molecule has 2 atom stereocenters. The van der Waals surface area contributed by atoms with Crippen LogP contribution in [0.5, 0.6) is 5.75 Å². The molecule has 1 aromatic rings. The number of amides is 1. The zero-order chi connectivity index (χ0) is 17.5. The molecule has 6 heteroatoms. The number of nitrogens with zero attached hydrogens (tertiary/aromatic N) is 1. The summed E-state index contributed by atoms with van der Waals surface area (Å²) in [6.07, 6.45) is 1.33. The van der Waals surface area contributed by atoms with Crippen LogP contribution in [0, 0.1) is 11.7 Å². The van der Waals surface area contributed by atoms with Gasteiger partial charge in [0.05, 0.1) is 0 Å². The third-order valence-electron chi connectivity index (χ3n) is 4.10. The van der Waals surface area contributed by atoms with Crippen LogP contribution in [-0.4, -0.2) is 54.3 Å². The molecule has 0 bridgehead atoms. The van der Waals surface area contributed by atoms with Crippen molar-refractivity contribution in [2.45, 2.75) is 38.8 Å². The van der Waals surface area contributed by atoms with E-state index in [9.17, 15) is 14.3 Å². The van der Waals surface area contributed by atoms with Gasteiger partial charge in [0, 0.05) is 25.0 Å². The van der Waals surface area contributed by atoms with Crippen LogP contribution in [0.1, 0.15) is 26.7 Å². The molecule has 5 nitrogen and oxygen atoms in total. The Morgan fingerprint density at radius 2 is 2.12 bits per heavy atom. The molecule has 1 heterocycles. The summed E-state index contributed by atoms with van der Waals surface area (Å²) in [5.41, 5.74) is 0. The normalized spacial score (nSPS) is 20.0. The van der Waals surface area contributed by atoms with Crippen LogP contribution < -0.4 is 10.1 Å². The molecule has 1 aromatic carbocycles. The average Bonchev–Trinajstić information content (AvgIpc) is 2.54. The van der Waals surface area contributed by atoms with E-state index in [0.717, 1.165) is 25.9 Å². The molecular formula is C18H27FN2O3. The quantitative estimate of drug-likeness (QED) is 0.796. The van der Waals surface area contributed by atoms with Crippen molar-refractivity contribution in [1.29, 1.82) is 0 Å². The number of carbonyl (C=O) groups excluding carboxylic acids is 1. The number of aliphatic hydroxyl groups is 1. The van der Waals surface area contributed by atoms with Crippen molar-refractivity contribution in [3.8, 4) is 5.75 Å². The predicted octanol–water partition coefficient (Wildman–Crippen LogP) is 1.80. The Morgan fingerprint density at radius 3 is 2.79 bits per heavy atom. The summed E-state index contributed by atoms with van der Waals surface area (Å²) in [6, 6.07) is 5.88. The number of hydrogen-bond donors (Lipinski definition) is 2. The van der Waals surface area contributed by atoms with Crippen LogP contribution in [0.4, 0.5) is 4.39 Å². The molecule has 1 saturated heterocycles. The second kappa shape index (κ2) is 8.99. The summed E-state index contributed by atoms with van der Waals surface area (Å²) in [4.78, 5) is 13.9. The van der Waals surface area contributed by atoms with Crippen molar-refractivity contribution in [3.63, 3.8) is 0 Å². The molecule has 2 N–H and O–H groups in total. The topological polar surface area (TPSA) is 61.8 Å². The van der Waals surface area contributed by atoms with Crippen molar-refractivity contribution in [2.75, 3.05) is 26.2 Å². The molecule has 1 aliphatic heterocycles. The maximum absolute atomic E-state index is 12.8. The highest BCUT2D eigenvalue weighted by molar-refractivity contribution is 5.78. The number of aliphatic hydroxyl groups excluding tert-OH is 1. The highest BCUT2D eigenvalue weighted by atomic mass is 19.1. The number of carbonyl (C=O) groups is 1. The largest absolute Gasteiger partial charge is 0.491 e. The minimum atomic E-state index is -0.630. The summed E-state index contributed by atoms with van der Waals surface area (Å²) < 4.78 is 18.3. The molecule has 0 saturated carbocycles. The van der Waals surface area contributed by atoms with Crippen molar-refractivity contribution in [1.82, 2.24) is 10.2 Å². The number of hydrogen-bond acceptors (Lipinski definition) is 4. The third-order valence-corrected chi connectivity index (χ3v) is 4.10. The molecule has 2 rings (SSSR count). The maximum Gasteiger partial charge on any atom is 0.222 e. The fourth-order valence-corrected chi connectivity index (χ4v) is 2.78. The molecule has 0 radical (unpaired) electrons. The van der Waals surface area contributed by atoms with Crippen LogP contribution >= 0.6 is 0 Å². The van der Waals surface area contributed by atoms with E-state index in [1.54, 1.807) is 12.1 Å². The molecule has 1 fully saturated rings. The van der Waals surface area contributed by atoms with E-state index in [1.807, 2.05) is 13.8 Å². The van der Waals surface area contributed by atoms with Gasteiger partial charge in [-0.05, 0) is 43.7 Å². The number of piperidine rings is 1. The smallest absolute Gasteiger partial charge is 0.222 e. The lowest BCUT2D eigenvalue weighted by Crippen LogP contribution is -2.50. The standard InChI is InChI=1S/C18H27FN2O3/c1-13(2)18(23)20-15-4-3-9-21(10-15)11-16(22)12-24-17-7-5-14(19)6-8-17/h5-8,13,15-16,22H,3-4,9-12H2,1-2H3,(H,20,23). The highest BCUT2D eigenvalue weighted by Crippen LogP contribution is 2.13. The molecule has 0 aliphatic carbocycles. The number of nitrogens with one attached hydrogen (secondary N) is 1. The second-order valence-corrected chi connectivity index (χ2v) is 6.68. The van der Waals surface area contributed by atoms with Gasteiger partial charge in [0.1, 0.15) is 24.3 Å². The number of benzene rings is 1. The molecule has 1 amide bonds.